The van der Waals surface area contributed by atoms with Crippen molar-refractivity contribution in [1.82, 2.24) is 9.80 Å². The predicted octanol–water partition coefficient (Wildman–Crippen LogP) is 1.40. The molecule has 1 aromatic rings. The molecule has 0 atom stereocenters. The summed E-state index contributed by atoms with van der Waals surface area (Å²) in [4.78, 5) is 7.30. The Labute approximate surface area is 128 Å². The van der Waals surface area contributed by atoms with Crippen molar-refractivity contribution in [1.29, 1.82) is 0 Å². The quantitative estimate of drug-likeness (QED) is 0.911. The number of aliphatic hydroxyl groups is 1. The fourth-order valence-corrected chi connectivity index (χ4v) is 3.21. The van der Waals surface area contributed by atoms with Gasteiger partial charge in [0.15, 0.2) is 0 Å². The molecule has 4 heteroatoms. The standard InChI is InChI=1S/C17H27N3O/c1-18-10-12-20(13-11-18)16-4-2-15(3-5-16)14-19-8-6-17(21)7-9-19/h2-5,17,21H,6-14H2,1H3. The smallest absolute Gasteiger partial charge is 0.0564 e. The monoisotopic (exact) mass is 289 g/mol. The van der Waals surface area contributed by atoms with Crippen LogP contribution in [-0.2, 0) is 6.54 Å². The highest BCUT2D eigenvalue weighted by Crippen LogP contribution is 2.19. The molecule has 2 saturated heterocycles. The maximum absolute atomic E-state index is 9.56. The molecular weight excluding hydrogens is 262 g/mol. The minimum absolute atomic E-state index is 0.0825. The molecule has 0 aromatic heterocycles. The van der Waals surface area contributed by atoms with E-state index in [2.05, 4.69) is 46.0 Å². The lowest BCUT2D eigenvalue weighted by atomic mass is 10.1. The second kappa shape index (κ2) is 6.77. The molecule has 0 bridgehead atoms. The molecule has 0 aliphatic carbocycles. The van der Waals surface area contributed by atoms with Crippen molar-refractivity contribution in [2.24, 2.45) is 0 Å². The van der Waals surface area contributed by atoms with E-state index in [9.17, 15) is 5.11 Å². The Hall–Kier alpha value is -1.10. The van der Waals surface area contributed by atoms with Crippen molar-refractivity contribution in [3.8, 4) is 0 Å². The molecule has 0 unspecified atom stereocenters. The van der Waals surface area contributed by atoms with E-state index in [4.69, 9.17) is 0 Å². The van der Waals surface area contributed by atoms with Crippen LogP contribution in [0, 0.1) is 0 Å². The average Bonchev–Trinajstić information content (AvgIpc) is 2.51. The van der Waals surface area contributed by atoms with Gasteiger partial charge in [-0.15, -0.1) is 0 Å². The molecule has 0 amide bonds. The fraction of sp³-hybridized carbons (Fsp3) is 0.647. The third-order valence-electron chi connectivity index (χ3n) is 4.77. The summed E-state index contributed by atoms with van der Waals surface area (Å²) in [5.41, 5.74) is 2.73. The second-order valence-corrected chi connectivity index (χ2v) is 6.46. The molecule has 1 aromatic carbocycles. The molecule has 3 rings (SSSR count). The number of rotatable bonds is 3. The molecule has 4 nitrogen and oxygen atoms in total. The summed E-state index contributed by atoms with van der Waals surface area (Å²) in [6.07, 6.45) is 1.75. The summed E-state index contributed by atoms with van der Waals surface area (Å²) in [7, 11) is 2.19. The van der Waals surface area contributed by atoms with Gasteiger partial charge in [0.1, 0.15) is 0 Å². The van der Waals surface area contributed by atoms with E-state index in [0.717, 1.165) is 58.7 Å². The SMILES string of the molecule is CN1CCN(c2ccc(CN3CCC(O)CC3)cc2)CC1. The molecule has 0 spiro atoms. The van der Waals surface area contributed by atoms with Crippen molar-refractivity contribution >= 4 is 5.69 Å². The van der Waals surface area contributed by atoms with Gasteiger partial charge in [0, 0.05) is 51.5 Å². The summed E-state index contributed by atoms with van der Waals surface area (Å²) in [6.45, 7) is 7.59. The minimum Gasteiger partial charge on any atom is -0.393 e. The number of piperidine rings is 1. The fourth-order valence-electron chi connectivity index (χ4n) is 3.21. The normalized spacial score (nSPS) is 22.7. The Balaban J connectivity index is 1.54. The Bertz CT molecular complexity index is 432. The first-order valence-corrected chi connectivity index (χ1v) is 8.13. The van der Waals surface area contributed by atoms with Crippen LogP contribution >= 0.6 is 0 Å². The van der Waals surface area contributed by atoms with Gasteiger partial charge in [-0.3, -0.25) is 4.90 Å². The minimum atomic E-state index is -0.0825. The number of aliphatic hydroxyl groups excluding tert-OH is 1. The zero-order chi connectivity index (χ0) is 14.7. The largest absolute Gasteiger partial charge is 0.393 e. The van der Waals surface area contributed by atoms with Gasteiger partial charge in [-0.2, -0.15) is 0 Å². The highest BCUT2D eigenvalue weighted by atomic mass is 16.3. The summed E-state index contributed by atoms with van der Waals surface area (Å²) < 4.78 is 0. The van der Waals surface area contributed by atoms with Crippen LogP contribution in [0.1, 0.15) is 18.4 Å². The van der Waals surface area contributed by atoms with Gasteiger partial charge in [0.2, 0.25) is 0 Å². The van der Waals surface area contributed by atoms with Crippen LogP contribution in [-0.4, -0.2) is 67.3 Å². The van der Waals surface area contributed by atoms with Crippen molar-refractivity contribution in [2.75, 3.05) is 51.2 Å². The molecule has 2 aliphatic heterocycles. The van der Waals surface area contributed by atoms with Gasteiger partial charge in [0.25, 0.3) is 0 Å². The van der Waals surface area contributed by atoms with E-state index < -0.39 is 0 Å². The van der Waals surface area contributed by atoms with Crippen LogP contribution in [0.5, 0.6) is 0 Å². The predicted molar refractivity (Wildman–Crippen MR) is 86.7 cm³/mol. The number of likely N-dealkylation sites (tertiary alicyclic amines) is 1. The maximum atomic E-state index is 9.56. The Morgan fingerprint density at radius 3 is 2.19 bits per heavy atom. The van der Waals surface area contributed by atoms with Crippen LogP contribution < -0.4 is 4.90 Å². The van der Waals surface area contributed by atoms with Crippen molar-refractivity contribution in [3.05, 3.63) is 29.8 Å². The van der Waals surface area contributed by atoms with Crippen molar-refractivity contribution in [3.63, 3.8) is 0 Å². The topological polar surface area (TPSA) is 30.0 Å². The van der Waals surface area contributed by atoms with Gasteiger partial charge >= 0.3 is 0 Å². The van der Waals surface area contributed by atoms with E-state index in [0.29, 0.717) is 0 Å². The number of piperazine rings is 1. The van der Waals surface area contributed by atoms with E-state index >= 15 is 0 Å². The maximum Gasteiger partial charge on any atom is 0.0564 e. The highest BCUT2D eigenvalue weighted by Gasteiger charge is 2.17. The summed E-state index contributed by atoms with van der Waals surface area (Å²) in [6, 6.07) is 9.05. The molecule has 2 heterocycles. The first kappa shape index (κ1) is 14.8. The number of anilines is 1. The zero-order valence-corrected chi connectivity index (χ0v) is 13.0. The van der Waals surface area contributed by atoms with Crippen LogP contribution in [0.25, 0.3) is 0 Å². The van der Waals surface area contributed by atoms with Crippen molar-refractivity contribution in [2.45, 2.75) is 25.5 Å². The summed E-state index contributed by atoms with van der Waals surface area (Å²) in [5.74, 6) is 0. The molecule has 2 aliphatic rings. The van der Waals surface area contributed by atoms with Crippen LogP contribution in [0.15, 0.2) is 24.3 Å². The second-order valence-electron chi connectivity index (χ2n) is 6.46. The van der Waals surface area contributed by atoms with Crippen LogP contribution in [0.2, 0.25) is 0 Å². The molecule has 0 radical (unpaired) electrons. The van der Waals surface area contributed by atoms with Gasteiger partial charge in [-0.25, -0.2) is 0 Å². The van der Waals surface area contributed by atoms with Crippen LogP contribution in [0.4, 0.5) is 5.69 Å². The number of hydrogen-bond acceptors (Lipinski definition) is 4. The van der Waals surface area contributed by atoms with Crippen LogP contribution in [0.3, 0.4) is 0 Å². The molecule has 0 saturated carbocycles. The van der Waals surface area contributed by atoms with E-state index in [1.807, 2.05) is 0 Å². The summed E-state index contributed by atoms with van der Waals surface area (Å²) >= 11 is 0. The lowest BCUT2D eigenvalue weighted by molar-refractivity contribution is 0.0792. The van der Waals surface area contributed by atoms with Gasteiger partial charge < -0.3 is 14.9 Å². The van der Waals surface area contributed by atoms with E-state index in [-0.39, 0.29) is 6.10 Å². The molecule has 1 N–H and O–H groups in total. The Morgan fingerprint density at radius 1 is 0.952 bits per heavy atom. The molecule has 21 heavy (non-hydrogen) atoms. The van der Waals surface area contributed by atoms with Gasteiger partial charge in [0.05, 0.1) is 6.10 Å². The lowest BCUT2D eigenvalue weighted by Gasteiger charge is -2.34. The number of likely N-dealkylation sites (N-methyl/N-ethyl adjacent to an activating group) is 1. The number of hydrogen-bond donors (Lipinski definition) is 1. The molecule has 2 fully saturated rings. The Morgan fingerprint density at radius 2 is 1.57 bits per heavy atom. The van der Waals surface area contributed by atoms with Gasteiger partial charge in [-0.05, 0) is 37.6 Å². The zero-order valence-electron chi connectivity index (χ0n) is 13.0. The number of benzene rings is 1. The number of nitrogens with zero attached hydrogens (tertiary/aromatic N) is 3. The van der Waals surface area contributed by atoms with Gasteiger partial charge in [-0.1, -0.05) is 12.1 Å². The highest BCUT2D eigenvalue weighted by molar-refractivity contribution is 5.48. The van der Waals surface area contributed by atoms with E-state index in [1.165, 1.54) is 11.3 Å². The van der Waals surface area contributed by atoms with Crippen molar-refractivity contribution < 1.29 is 5.11 Å². The summed E-state index contributed by atoms with van der Waals surface area (Å²) in [5, 5.41) is 9.56. The Kier molecular flexibility index (Phi) is 4.78. The first-order valence-electron chi connectivity index (χ1n) is 8.13. The third kappa shape index (κ3) is 3.96. The molecule has 116 valence electrons. The van der Waals surface area contributed by atoms with E-state index in [1.54, 1.807) is 0 Å². The average molecular weight is 289 g/mol. The molecular formula is C17H27N3O. The third-order valence-corrected chi connectivity index (χ3v) is 4.77. The lowest BCUT2D eigenvalue weighted by Crippen LogP contribution is -2.44. The first-order chi connectivity index (χ1) is 10.2.